The summed E-state index contributed by atoms with van der Waals surface area (Å²) < 4.78 is 16.8. The Kier molecular flexibility index (Phi) is 50.8. The first kappa shape index (κ1) is 61.4. The Labute approximate surface area is 397 Å². The molecule has 372 valence electrons. The van der Waals surface area contributed by atoms with Crippen LogP contribution in [-0.2, 0) is 28.6 Å². The van der Waals surface area contributed by atoms with Gasteiger partial charge in [-0.2, -0.15) is 0 Å². The fraction of sp³-hybridized carbons (Fsp3) is 0.810. The second kappa shape index (κ2) is 53.0. The molecule has 0 aliphatic rings. The Bertz CT molecular complexity index is 1120. The average Bonchev–Trinajstić information content (AvgIpc) is 3.29. The largest absolute Gasteiger partial charge is 0.462 e. The van der Waals surface area contributed by atoms with Crippen molar-refractivity contribution < 1.29 is 28.6 Å². The molecule has 0 radical (unpaired) electrons. The van der Waals surface area contributed by atoms with Gasteiger partial charge in [0.25, 0.3) is 0 Å². The maximum Gasteiger partial charge on any atom is 0.306 e. The summed E-state index contributed by atoms with van der Waals surface area (Å²) in [6.07, 6.45) is 63.8. The zero-order valence-corrected chi connectivity index (χ0v) is 42.6. The molecule has 6 heteroatoms. The van der Waals surface area contributed by atoms with E-state index < -0.39 is 6.10 Å². The average molecular weight is 897 g/mol. The summed E-state index contributed by atoms with van der Waals surface area (Å²) >= 11 is 0. The second-order valence-electron chi connectivity index (χ2n) is 18.5. The first-order valence-corrected chi connectivity index (χ1v) is 27.6. The van der Waals surface area contributed by atoms with E-state index in [0.717, 1.165) is 83.5 Å². The quantitative estimate of drug-likeness (QED) is 0.0262. The molecule has 0 N–H and O–H groups in total. The summed E-state index contributed by atoms with van der Waals surface area (Å²) in [5, 5.41) is 0. The maximum absolute atomic E-state index is 12.8. The molecule has 1 atom stereocenters. The van der Waals surface area contributed by atoms with Crippen molar-refractivity contribution in [2.45, 2.75) is 290 Å². The lowest BCUT2D eigenvalue weighted by Crippen LogP contribution is -2.30. The molecule has 0 aromatic carbocycles. The Morgan fingerprint density at radius 1 is 0.312 bits per heavy atom. The van der Waals surface area contributed by atoms with Gasteiger partial charge in [-0.3, -0.25) is 14.4 Å². The van der Waals surface area contributed by atoms with Crippen molar-refractivity contribution in [3.63, 3.8) is 0 Å². The van der Waals surface area contributed by atoms with Gasteiger partial charge in [0.1, 0.15) is 13.2 Å². The van der Waals surface area contributed by atoms with E-state index in [2.05, 4.69) is 69.4 Å². The van der Waals surface area contributed by atoms with Crippen molar-refractivity contribution >= 4 is 17.9 Å². The lowest BCUT2D eigenvalue weighted by molar-refractivity contribution is -0.167. The van der Waals surface area contributed by atoms with Crippen LogP contribution in [-0.4, -0.2) is 37.2 Å². The monoisotopic (exact) mass is 897 g/mol. The minimum Gasteiger partial charge on any atom is -0.462 e. The lowest BCUT2D eigenvalue weighted by atomic mass is 10.0. The molecule has 0 aromatic heterocycles. The third-order valence-electron chi connectivity index (χ3n) is 12.1. The van der Waals surface area contributed by atoms with E-state index in [-0.39, 0.29) is 31.1 Å². The van der Waals surface area contributed by atoms with Gasteiger partial charge in [0.2, 0.25) is 0 Å². The predicted molar refractivity (Wildman–Crippen MR) is 275 cm³/mol. The van der Waals surface area contributed by atoms with Crippen molar-refractivity contribution in [1.29, 1.82) is 0 Å². The summed E-state index contributed by atoms with van der Waals surface area (Å²) in [4.78, 5) is 38.0. The van der Waals surface area contributed by atoms with Crippen LogP contribution in [0, 0.1) is 0 Å². The number of rotatable bonds is 50. The summed E-state index contributed by atoms with van der Waals surface area (Å²) in [6.45, 7) is 6.61. The van der Waals surface area contributed by atoms with Crippen LogP contribution in [0.25, 0.3) is 0 Å². The highest BCUT2D eigenvalue weighted by molar-refractivity contribution is 5.71. The van der Waals surface area contributed by atoms with Gasteiger partial charge in [0.05, 0.1) is 0 Å². The van der Waals surface area contributed by atoms with E-state index in [1.807, 2.05) is 0 Å². The standard InChI is InChI=1S/C58H104O6/c1-4-7-10-13-16-19-22-25-27-28-29-30-32-33-36-39-42-45-48-51-57(60)63-54-55(53-62-56(59)50-47-44-41-38-35-24-21-18-15-12-9-6-3)64-58(61)52-49-46-43-40-37-34-31-26-23-20-17-14-11-8-5-2/h16,19,25,27,29-30,33,36,55H,4-15,17-18,20-24,26,28,31-32,34-35,37-54H2,1-3H3/b19-16-,27-25-,30-29-,36-33-/t55-/m1/s1. The van der Waals surface area contributed by atoms with Crippen LogP contribution in [0.5, 0.6) is 0 Å². The number of hydrogen-bond acceptors (Lipinski definition) is 6. The molecule has 0 saturated heterocycles. The molecule has 0 aliphatic carbocycles. The number of ether oxygens (including phenoxy) is 3. The van der Waals surface area contributed by atoms with Crippen LogP contribution < -0.4 is 0 Å². The van der Waals surface area contributed by atoms with Gasteiger partial charge in [-0.1, -0.05) is 249 Å². The molecule has 64 heavy (non-hydrogen) atoms. The smallest absolute Gasteiger partial charge is 0.306 e. The zero-order chi connectivity index (χ0) is 46.5. The molecular weight excluding hydrogens is 793 g/mol. The topological polar surface area (TPSA) is 78.9 Å². The fourth-order valence-corrected chi connectivity index (χ4v) is 7.90. The number of hydrogen-bond donors (Lipinski definition) is 0. The molecule has 0 aromatic rings. The summed E-state index contributed by atoms with van der Waals surface area (Å²) in [5.41, 5.74) is 0. The first-order valence-electron chi connectivity index (χ1n) is 27.6. The Morgan fingerprint density at radius 2 is 0.562 bits per heavy atom. The molecular formula is C58H104O6. The van der Waals surface area contributed by atoms with Crippen LogP contribution >= 0.6 is 0 Å². The first-order chi connectivity index (χ1) is 31.5. The van der Waals surface area contributed by atoms with E-state index in [1.165, 1.54) is 161 Å². The molecule has 0 spiro atoms. The Morgan fingerprint density at radius 3 is 0.906 bits per heavy atom. The normalized spacial score (nSPS) is 12.4. The molecule has 6 nitrogen and oxygen atoms in total. The van der Waals surface area contributed by atoms with Gasteiger partial charge >= 0.3 is 17.9 Å². The lowest BCUT2D eigenvalue weighted by Gasteiger charge is -2.18. The number of allylic oxidation sites excluding steroid dienone is 8. The SMILES string of the molecule is CCCCC/C=C\C/C=C\C/C=C\C/C=C\CCCCCC(=O)OC[C@@H](COC(=O)CCCCCCCCCCCCCC)OC(=O)CCCCCCCCCCCCCCCCC. The van der Waals surface area contributed by atoms with E-state index in [4.69, 9.17) is 14.2 Å². The number of unbranched alkanes of at least 4 members (excludes halogenated alkanes) is 31. The molecule has 0 heterocycles. The Balaban J connectivity index is 4.39. The van der Waals surface area contributed by atoms with Gasteiger partial charge < -0.3 is 14.2 Å². The summed E-state index contributed by atoms with van der Waals surface area (Å²) in [5.74, 6) is -0.898. The van der Waals surface area contributed by atoms with Gasteiger partial charge in [0.15, 0.2) is 6.10 Å². The van der Waals surface area contributed by atoms with Crippen LogP contribution in [0.4, 0.5) is 0 Å². The fourth-order valence-electron chi connectivity index (χ4n) is 7.90. The van der Waals surface area contributed by atoms with Crippen molar-refractivity contribution in [1.82, 2.24) is 0 Å². The third-order valence-corrected chi connectivity index (χ3v) is 12.1. The molecule has 0 amide bonds. The molecule has 0 aliphatic heterocycles. The number of carbonyl (C=O) groups excluding carboxylic acids is 3. The van der Waals surface area contributed by atoms with Gasteiger partial charge in [-0.05, 0) is 64.2 Å². The van der Waals surface area contributed by atoms with E-state index in [1.54, 1.807) is 0 Å². The Hall–Kier alpha value is -2.63. The van der Waals surface area contributed by atoms with Gasteiger partial charge in [0, 0.05) is 19.3 Å². The molecule has 0 unspecified atom stereocenters. The highest BCUT2D eigenvalue weighted by Gasteiger charge is 2.19. The van der Waals surface area contributed by atoms with E-state index >= 15 is 0 Å². The second-order valence-corrected chi connectivity index (χ2v) is 18.5. The van der Waals surface area contributed by atoms with Crippen LogP contribution in [0.2, 0.25) is 0 Å². The maximum atomic E-state index is 12.8. The third kappa shape index (κ3) is 50.4. The summed E-state index contributed by atoms with van der Waals surface area (Å²) in [6, 6.07) is 0. The van der Waals surface area contributed by atoms with Crippen LogP contribution in [0.1, 0.15) is 284 Å². The predicted octanol–water partition coefficient (Wildman–Crippen LogP) is 18.3. The van der Waals surface area contributed by atoms with Crippen molar-refractivity contribution in [2.75, 3.05) is 13.2 Å². The molecule has 0 saturated carbocycles. The van der Waals surface area contributed by atoms with Crippen molar-refractivity contribution in [3.8, 4) is 0 Å². The molecule has 0 fully saturated rings. The number of carbonyl (C=O) groups is 3. The van der Waals surface area contributed by atoms with Crippen molar-refractivity contribution in [2.24, 2.45) is 0 Å². The summed E-state index contributed by atoms with van der Waals surface area (Å²) in [7, 11) is 0. The number of esters is 3. The van der Waals surface area contributed by atoms with Crippen LogP contribution in [0.15, 0.2) is 48.6 Å². The van der Waals surface area contributed by atoms with Gasteiger partial charge in [-0.15, -0.1) is 0 Å². The van der Waals surface area contributed by atoms with Crippen LogP contribution in [0.3, 0.4) is 0 Å². The highest BCUT2D eigenvalue weighted by atomic mass is 16.6. The van der Waals surface area contributed by atoms with Crippen molar-refractivity contribution in [3.05, 3.63) is 48.6 Å². The van der Waals surface area contributed by atoms with E-state index in [0.29, 0.717) is 19.3 Å². The zero-order valence-electron chi connectivity index (χ0n) is 42.6. The highest BCUT2D eigenvalue weighted by Crippen LogP contribution is 2.16. The van der Waals surface area contributed by atoms with Gasteiger partial charge in [-0.25, -0.2) is 0 Å². The molecule has 0 bridgehead atoms. The minimum atomic E-state index is -0.781. The minimum absolute atomic E-state index is 0.0793. The molecule has 0 rings (SSSR count). The van der Waals surface area contributed by atoms with E-state index in [9.17, 15) is 14.4 Å².